The maximum absolute atomic E-state index is 11.8. The molecule has 2 rings (SSSR count). The number of hydrogen-bond acceptors (Lipinski definition) is 8. The number of carbonyl (C=O) groups is 2. The van der Waals surface area contributed by atoms with Crippen molar-refractivity contribution in [1.82, 2.24) is 25.3 Å². The van der Waals surface area contributed by atoms with Crippen LogP contribution in [0.4, 0.5) is 14.9 Å². The number of unbranched alkanes of at least 4 members (excludes halogenated alkanes) is 2. The highest BCUT2D eigenvalue weighted by molar-refractivity contribution is 7.18. The average molecular weight is 382 g/mol. The fraction of sp³-hybridized carbons (Fsp3) is 0.462. The topological polar surface area (TPSA) is 171 Å². The Morgan fingerprint density at radius 1 is 1.35 bits per heavy atom. The monoisotopic (exact) mass is 382 g/mol. The van der Waals surface area contributed by atoms with E-state index in [1.165, 1.54) is 0 Å². The van der Waals surface area contributed by atoms with Gasteiger partial charge in [-0.2, -0.15) is 0 Å². The minimum atomic E-state index is -0.620. The number of nitrogens with zero attached hydrogens (tertiary/aromatic N) is 5. The van der Waals surface area contributed by atoms with Gasteiger partial charge in [0.25, 0.3) is 0 Å². The van der Waals surface area contributed by atoms with Gasteiger partial charge in [-0.05, 0) is 24.2 Å². The highest BCUT2D eigenvalue weighted by Crippen LogP contribution is 2.25. The Labute approximate surface area is 151 Å². The molecule has 140 valence electrons. The quantitative estimate of drug-likeness (QED) is 0.312. The van der Waals surface area contributed by atoms with Crippen molar-refractivity contribution in [2.24, 2.45) is 5.73 Å². The highest BCUT2D eigenvalue weighted by Gasteiger charge is 2.13. The zero-order chi connectivity index (χ0) is 18.9. The molecule has 0 saturated carbocycles. The molecular weight excluding hydrogens is 364 g/mol. The number of carbonyl (C=O) groups excluding carboxylic acids is 2. The summed E-state index contributed by atoms with van der Waals surface area (Å²) in [5.74, 6) is -0.227. The largest absolute Gasteiger partial charge is 0.352 e. The van der Waals surface area contributed by atoms with Gasteiger partial charge in [0, 0.05) is 13.0 Å². The van der Waals surface area contributed by atoms with Gasteiger partial charge in [0.2, 0.25) is 5.91 Å². The van der Waals surface area contributed by atoms with E-state index < -0.39 is 11.0 Å². The van der Waals surface area contributed by atoms with Crippen LogP contribution >= 0.6 is 11.3 Å². The third-order valence-electron chi connectivity index (χ3n) is 3.24. The number of amides is 3. The Hall–Kier alpha value is -3.09. The van der Waals surface area contributed by atoms with Crippen LogP contribution in [0.5, 0.6) is 0 Å². The van der Waals surface area contributed by atoms with Gasteiger partial charge in [-0.3, -0.25) is 19.6 Å². The number of nitrogens with one attached hydrogen (secondary N) is 2. The fourth-order valence-electron chi connectivity index (χ4n) is 2.03. The van der Waals surface area contributed by atoms with Crippen LogP contribution in [0.15, 0.2) is 12.4 Å². The predicted octanol–water partition coefficient (Wildman–Crippen LogP) is 1.01. The number of aromatic nitrogens is 4. The van der Waals surface area contributed by atoms with Crippen LogP contribution in [-0.4, -0.2) is 36.8 Å². The normalized spacial score (nSPS) is 10.5. The zero-order valence-electron chi connectivity index (χ0n) is 13.8. The van der Waals surface area contributed by atoms with Crippen LogP contribution in [0.25, 0.3) is 0 Å². The summed E-state index contributed by atoms with van der Waals surface area (Å²) in [7, 11) is 0. The van der Waals surface area contributed by atoms with E-state index in [9.17, 15) is 19.7 Å². The molecule has 13 heteroatoms. The Kier molecular flexibility index (Phi) is 6.96. The van der Waals surface area contributed by atoms with Crippen molar-refractivity contribution in [3.63, 3.8) is 0 Å². The number of thiazole rings is 1. The van der Waals surface area contributed by atoms with E-state index in [0.717, 1.165) is 30.4 Å². The molecule has 0 aromatic carbocycles. The van der Waals surface area contributed by atoms with Crippen molar-refractivity contribution in [1.29, 1.82) is 0 Å². The van der Waals surface area contributed by atoms with E-state index in [4.69, 9.17) is 5.73 Å². The molecule has 0 spiro atoms. The summed E-state index contributed by atoms with van der Waals surface area (Å²) in [4.78, 5) is 36.2. The number of hydrogen-bond donors (Lipinski definition) is 3. The van der Waals surface area contributed by atoms with Crippen molar-refractivity contribution in [2.45, 2.75) is 38.8 Å². The molecule has 2 aromatic heterocycles. The van der Waals surface area contributed by atoms with Crippen molar-refractivity contribution in [3.05, 3.63) is 28.2 Å². The van der Waals surface area contributed by atoms with E-state index in [-0.39, 0.29) is 22.6 Å². The molecule has 4 N–H and O–H groups in total. The van der Waals surface area contributed by atoms with Crippen LogP contribution in [0.1, 0.15) is 31.4 Å². The van der Waals surface area contributed by atoms with Crippen molar-refractivity contribution < 1.29 is 14.5 Å². The van der Waals surface area contributed by atoms with E-state index >= 15 is 0 Å². The second-order valence-electron chi connectivity index (χ2n) is 5.31. The van der Waals surface area contributed by atoms with Gasteiger partial charge in [-0.1, -0.05) is 11.6 Å². The number of aryl methyl sites for hydroxylation is 1. The first-order valence-electron chi connectivity index (χ1n) is 7.76. The molecule has 0 radical (unpaired) electrons. The molecule has 12 nitrogen and oxygen atoms in total. The lowest BCUT2D eigenvalue weighted by Gasteiger charge is -2.02. The molecule has 2 aromatic rings. The number of primary amides is 1. The smallest absolute Gasteiger partial charge is 0.345 e. The fourth-order valence-corrected chi connectivity index (χ4v) is 2.68. The summed E-state index contributed by atoms with van der Waals surface area (Å²) in [6.45, 7) is 0.869. The van der Waals surface area contributed by atoms with Gasteiger partial charge in [-0.15, -0.1) is 5.10 Å². The molecule has 3 amide bonds. The zero-order valence-corrected chi connectivity index (χ0v) is 14.6. The Morgan fingerprint density at radius 3 is 2.85 bits per heavy atom. The van der Waals surface area contributed by atoms with Gasteiger partial charge in [0.1, 0.15) is 11.9 Å². The number of rotatable bonds is 10. The third-order valence-corrected chi connectivity index (χ3v) is 4.11. The first kappa shape index (κ1) is 19.2. The average Bonchev–Trinajstić information content (AvgIpc) is 3.22. The SMILES string of the molecule is NC(=O)NCc1cn(CCCCCC(=O)Nc2ncc([N+](=O)[O-])s2)nn1. The van der Waals surface area contributed by atoms with E-state index in [2.05, 4.69) is 25.9 Å². The molecule has 0 saturated heterocycles. The Bertz CT molecular complexity index is 774. The van der Waals surface area contributed by atoms with Gasteiger partial charge in [-0.25, -0.2) is 9.78 Å². The molecule has 0 unspecified atom stereocenters. The highest BCUT2D eigenvalue weighted by atomic mass is 32.1. The van der Waals surface area contributed by atoms with E-state index in [0.29, 0.717) is 25.1 Å². The third kappa shape index (κ3) is 6.43. The van der Waals surface area contributed by atoms with Crippen LogP contribution in [-0.2, 0) is 17.9 Å². The second kappa shape index (κ2) is 9.41. The van der Waals surface area contributed by atoms with Gasteiger partial charge < -0.3 is 16.4 Å². The van der Waals surface area contributed by atoms with Crippen LogP contribution in [0.2, 0.25) is 0 Å². The summed E-state index contributed by atoms with van der Waals surface area (Å²) in [6.07, 6.45) is 5.43. The molecule has 0 fully saturated rings. The number of urea groups is 1. The van der Waals surface area contributed by atoms with Crippen LogP contribution < -0.4 is 16.4 Å². The first-order chi connectivity index (χ1) is 12.4. The predicted molar refractivity (Wildman–Crippen MR) is 92.3 cm³/mol. The van der Waals surface area contributed by atoms with E-state index in [1.54, 1.807) is 10.9 Å². The van der Waals surface area contributed by atoms with Crippen molar-refractivity contribution >= 4 is 33.4 Å². The molecule has 0 aliphatic rings. The van der Waals surface area contributed by atoms with Crippen molar-refractivity contribution in [3.8, 4) is 0 Å². The molecule has 0 bridgehead atoms. The molecule has 0 aliphatic carbocycles. The summed E-state index contributed by atoms with van der Waals surface area (Å²) in [5.41, 5.74) is 5.59. The van der Waals surface area contributed by atoms with Gasteiger partial charge in [0.05, 0.1) is 17.7 Å². The Morgan fingerprint density at radius 2 is 2.15 bits per heavy atom. The van der Waals surface area contributed by atoms with Crippen LogP contribution in [0, 0.1) is 10.1 Å². The summed E-state index contributed by atoms with van der Waals surface area (Å²) in [6, 6.07) is -0.620. The Balaban J connectivity index is 1.60. The number of nitro groups is 1. The molecule has 26 heavy (non-hydrogen) atoms. The molecule has 0 atom stereocenters. The lowest BCUT2D eigenvalue weighted by atomic mass is 10.2. The second-order valence-corrected chi connectivity index (χ2v) is 6.32. The van der Waals surface area contributed by atoms with Gasteiger partial charge >= 0.3 is 11.0 Å². The summed E-state index contributed by atoms with van der Waals surface area (Å²) >= 11 is 0.824. The lowest BCUT2D eigenvalue weighted by Crippen LogP contribution is -2.28. The maximum atomic E-state index is 11.8. The summed E-state index contributed by atoms with van der Waals surface area (Å²) in [5, 5.41) is 23.5. The first-order valence-corrected chi connectivity index (χ1v) is 8.58. The van der Waals surface area contributed by atoms with Gasteiger partial charge in [0.15, 0.2) is 5.13 Å². The maximum Gasteiger partial charge on any atom is 0.345 e. The molecule has 2 heterocycles. The minimum Gasteiger partial charge on any atom is -0.352 e. The minimum absolute atomic E-state index is 0.112. The molecule has 0 aliphatic heterocycles. The standard InChI is InChI=1S/C13H18N8O4S/c14-12(23)15-6-9-8-20(19-18-9)5-3-1-2-4-10(22)17-13-16-7-11(26-13)21(24)25/h7-8H,1-6H2,(H3,14,15,23)(H,16,17,22). The van der Waals surface area contributed by atoms with Crippen LogP contribution in [0.3, 0.4) is 0 Å². The van der Waals surface area contributed by atoms with Crippen molar-refractivity contribution in [2.75, 3.05) is 5.32 Å². The lowest BCUT2D eigenvalue weighted by molar-refractivity contribution is -0.380. The summed E-state index contributed by atoms with van der Waals surface area (Å²) < 4.78 is 1.66. The van der Waals surface area contributed by atoms with E-state index in [1.807, 2.05) is 0 Å². The number of anilines is 1. The molecular formula is C13H18N8O4S. The number of nitrogens with two attached hydrogens (primary N) is 1.